The predicted octanol–water partition coefficient (Wildman–Crippen LogP) is 1.11. The molecule has 0 fully saturated rings. The average Bonchev–Trinajstić information content (AvgIpc) is 3.16. The van der Waals surface area contributed by atoms with Gasteiger partial charge < -0.3 is 24.8 Å². The van der Waals surface area contributed by atoms with Crippen molar-refractivity contribution < 1.29 is 19.1 Å². The molecule has 0 radical (unpaired) electrons. The Morgan fingerprint density at radius 3 is 2.56 bits per heavy atom. The third kappa shape index (κ3) is 4.72. The van der Waals surface area contributed by atoms with Gasteiger partial charge in [-0.2, -0.15) is 5.10 Å². The second kappa shape index (κ2) is 9.52. The van der Waals surface area contributed by atoms with Gasteiger partial charge in [0, 0.05) is 45.3 Å². The van der Waals surface area contributed by atoms with Crippen molar-refractivity contribution in [3.63, 3.8) is 0 Å². The molecule has 0 saturated heterocycles. The number of methoxy groups -OCH3 is 1. The van der Waals surface area contributed by atoms with E-state index >= 15 is 0 Å². The molecule has 1 aromatic rings. The van der Waals surface area contributed by atoms with Crippen LogP contribution in [-0.2, 0) is 4.74 Å². The van der Waals surface area contributed by atoms with Gasteiger partial charge in [-0.05, 0) is 18.2 Å². The average molecular weight is 461 g/mol. The predicted molar refractivity (Wildman–Crippen MR) is 117 cm³/mol. The van der Waals surface area contributed by atoms with Crippen LogP contribution in [0.2, 0.25) is 5.02 Å². The zero-order chi connectivity index (χ0) is 23.4. The van der Waals surface area contributed by atoms with Gasteiger partial charge in [0.1, 0.15) is 11.3 Å². The fraction of sp³-hybridized carbons (Fsp3) is 0.250. The first-order valence-corrected chi connectivity index (χ1v) is 9.82. The van der Waals surface area contributed by atoms with Gasteiger partial charge in [-0.3, -0.25) is 9.59 Å². The fourth-order valence-electron chi connectivity index (χ4n) is 2.89. The standard InChI is InChI=1S/C20H21ClN6O5/c1-26(2)20(31)23-7-6-22-17(28)12-8-11(4-5-15(12)21)27-9-13-16(24-25-18(13)29)14(10-27)19(30)32-3/h4-5,8-10H,6-7H2,1-3H3,(H,22,28)(H,23,31)(H,25,29). The van der Waals surface area contributed by atoms with Crippen LogP contribution in [0, 0.1) is 0 Å². The number of benzene rings is 1. The summed E-state index contributed by atoms with van der Waals surface area (Å²) in [6, 6.07) is 4.41. The highest BCUT2D eigenvalue weighted by Gasteiger charge is 2.22. The topological polar surface area (TPSA) is 138 Å². The van der Waals surface area contributed by atoms with Gasteiger partial charge in [-0.25, -0.2) is 14.7 Å². The number of H-pyrrole nitrogens is 1. The molecule has 0 saturated carbocycles. The lowest BCUT2D eigenvalue weighted by molar-refractivity contribution is 0.0600. The van der Waals surface area contributed by atoms with E-state index in [0.717, 1.165) is 0 Å². The van der Waals surface area contributed by atoms with Crippen LogP contribution in [0.3, 0.4) is 0 Å². The Morgan fingerprint density at radius 2 is 1.88 bits per heavy atom. The zero-order valence-electron chi connectivity index (χ0n) is 17.6. The first-order chi connectivity index (χ1) is 15.2. The summed E-state index contributed by atoms with van der Waals surface area (Å²) >= 11 is 6.20. The van der Waals surface area contributed by atoms with Crippen molar-refractivity contribution in [1.29, 1.82) is 0 Å². The van der Waals surface area contributed by atoms with E-state index in [1.807, 2.05) is 0 Å². The fourth-order valence-corrected chi connectivity index (χ4v) is 3.09. The van der Waals surface area contributed by atoms with Gasteiger partial charge in [0.15, 0.2) is 0 Å². The summed E-state index contributed by atoms with van der Waals surface area (Å²) in [6.07, 6.45) is 2.95. The number of nitrogens with one attached hydrogen (secondary N) is 3. The summed E-state index contributed by atoms with van der Waals surface area (Å²) in [5.41, 5.74) is 0.653. The normalized spacial score (nSPS) is 10.6. The van der Waals surface area contributed by atoms with Gasteiger partial charge in [-0.15, -0.1) is 0 Å². The van der Waals surface area contributed by atoms with E-state index in [1.165, 1.54) is 41.1 Å². The van der Waals surface area contributed by atoms with Crippen molar-refractivity contribution in [3.8, 4) is 16.9 Å². The molecule has 12 heteroatoms. The van der Waals surface area contributed by atoms with Crippen LogP contribution in [0.25, 0.3) is 16.9 Å². The molecule has 0 aromatic heterocycles. The number of hydrogen-bond donors (Lipinski definition) is 3. The lowest BCUT2D eigenvalue weighted by atomic mass is 10.1. The van der Waals surface area contributed by atoms with E-state index in [0.29, 0.717) is 5.69 Å². The molecule has 32 heavy (non-hydrogen) atoms. The molecule has 1 aromatic carbocycles. The maximum Gasteiger partial charge on any atom is 0.341 e. The molecule has 168 valence electrons. The molecule has 0 unspecified atom stereocenters. The number of fused-ring (bicyclic) bond motifs is 1. The molecule has 11 nitrogen and oxygen atoms in total. The lowest BCUT2D eigenvalue weighted by Crippen LogP contribution is -2.39. The number of ether oxygens (including phenoxy) is 1. The number of halogens is 1. The third-order valence-electron chi connectivity index (χ3n) is 4.55. The maximum absolute atomic E-state index is 12.6. The monoisotopic (exact) mass is 460 g/mol. The smallest absolute Gasteiger partial charge is 0.341 e. The van der Waals surface area contributed by atoms with E-state index in [1.54, 1.807) is 20.2 Å². The number of amides is 3. The van der Waals surface area contributed by atoms with Crippen LogP contribution >= 0.6 is 11.6 Å². The van der Waals surface area contributed by atoms with E-state index in [9.17, 15) is 19.2 Å². The Bertz CT molecular complexity index is 1200. The Hall–Kier alpha value is -3.86. The van der Waals surface area contributed by atoms with Crippen molar-refractivity contribution in [2.75, 3.05) is 34.3 Å². The van der Waals surface area contributed by atoms with Gasteiger partial charge in [-0.1, -0.05) is 11.6 Å². The molecule has 0 spiro atoms. The summed E-state index contributed by atoms with van der Waals surface area (Å²) in [5, 5.41) is 11.7. The first kappa shape index (κ1) is 22.8. The lowest BCUT2D eigenvalue weighted by Gasteiger charge is -2.14. The number of pyridine rings is 1. The maximum atomic E-state index is 12.6. The molecule has 2 heterocycles. The number of nitrogens with zero attached hydrogens (tertiary/aromatic N) is 3. The number of rotatable bonds is 6. The van der Waals surface area contributed by atoms with E-state index < -0.39 is 17.4 Å². The summed E-state index contributed by atoms with van der Waals surface area (Å²) in [5.74, 6) is -1.11. The number of urea groups is 1. The molecule has 3 rings (SSSR count). The molecule has 0 aliphatic carbocycles. The van der Waals surface area contributed by atoms with Crippen molar-refractivity contribution in [1.82, 2.24) is 30.3 Å². The molecular formula is C20H21ClN6O5. The van der Waals surface area contributed by atoms with E-state index in [-0.39, 0.29) is 46.5 Å². The third-order valence-corrected chi connectivity index (χ3v) is 4.88. The van der Waals surface area contributed by atoms with E-state index in [2.05, 4.69) is 20.8 Å². The highest BCUT2D eigenvalue weighted by molar-refractivity contribution is 6.33. The summed E-state index contributed by atoms with van der Waals surface area (Å²) < 4.78 is 6.30. The van der Waals surface area contributed by atoms with Gasteiger partial charge in [0.2, 0.25) is 0 Å². The summed E-state index contributed by atoms with van der Waals surface area (Å²) in [6.45, 7) is 0.430. The Morgan fingerprint density at radius 1 is 1.16 bits per heavy atom. The Labute approximate surface area is 187 Å². The van der Waals surface area contributed by atoms with Crippen molar-refractivity contribution >= 4 is 29.5 Å². The number of carbonyl (C=O) groups excluding carboxylic acids is 3. The molecule has 2 aliphatic rings. The van der Waals surface area contributed by atoms with Gasteiger partial charge >= 0.3 is 12.0 Å². The highest BCUT2D eigenvalue weighted by Crippen LogP contribution is 2.25. The second-order valence-electron chi connectivity index (χ2n) is 6.93. The number of hydrogen-bond acceptors (Lipinski definition) is 6. The van der Waals surface area contributed by atoms with Crippen LogP contribution in [-0.4, -0.2) is 71.9 Å². The summed E-state index contributed by atoms with van der Waals surface area (Å²) in [4.78, 5) is 49.8. The van der Waals surface area contributed by atoms with Crippen molar-refractivity contribution in [2.24, 2.45) is 0 Å². The zero-order valence-corrected chi connectivity index (χ0v) is 18.3. The van der Waals surface area contributed by atoms with E-state index in [4.69, 9.17) is 16.3 Å². The van der Waals surface area contributed by atoms with Crippen LogP contribution < -0.4 is 16.2 Å². The molecule has 2 aliphatic heterocycles. The number of aromatic amines is 1. The molecular weight excluding hydrogens is 440 g/mol. The molecule has 3 N–H and O–H groups in total. The van der Waals surface area contributed by atoms with Crippen LogP contribution in [0.4, 0.5) is 4.79 Å². The second-order valence-corrected chi connectivity index (χ2v) is 7.34. The largest absolute Gasteiger partial charge is 0.465 e. The Kier molecular flexibility index (Phi) is 6.79. The highest BCUT2D eigenvalue weighted by atomic mass is 35.5. The summed E-state index contributed by atoms with van der Waals surface area (Å²) in [7, 11) is 4.44. The number of aromatic nitrogens is 3. The van der Waals surface area contributed by atoms with Gasteiger partial charge in [0.25, 0.3) is 11.5 Å². The number of esters is 1. The van der Waals surface area contributed by atoms with Crippen LogP contribution in [0.5, 0.6) is 0 Å². The van der Waals surface area contributed by atoms with Crippen molar-refractivity contribution in [3.05, 3.63) is 57.1 Å². The van der Waals surface area contributed by atoms with Crippen molar-refractivity contribution in [2.45, 2.75) is 0 Å². The minimum absolute atomic E-state index is 0.0842. The van der Waals surface area contributed by atoms with Crippen LogP contribution in [0.1, 0.15) is 20.7 Å². The Balaban J connectivity index is 1.88. The minimum atomic E-state index is -0.664. The molecule has 3 amide bonds. The minimum Gasteiger partial charge on any atom is -0.465 e. The van der Waals surface area contributed by atoms with Crippen LogP contribution in [0.15, 0.2) is 35.4 Å². The molecule has 0 atom stereocenters. The quantitative estimate of drug-likeness (QED) is 0.372. The first-order valence-electron chi connectivity index (χ1n) is 9.45. The number of carbonyl (C=O) groups is 3. The molecule has 0 bridgehead atoms. The SMILES string of the molecule is COC(=O)c1cn(-c2ccc(Cl)c(C(=O)NCCNC(=O)N(C)C)c2)cc2c(=O)[nH]nc1-2. The van der Waals surface area contributed by atoms with Gasteiger partial charge in [0.05, 0.1) is 23.3 Å².